The number of benzene rings is 1. The highest BCUT2D eigenvalue weighted by Gasteiger charge is 2.02. The summed E-state index contributed by atoms with van der Waals surface area (Å²) in [6.45, 7) is 1.90. The molecule has 0 aliphatic rings. The van der Waals surface area contributed by atoms with Gasteiger partial charge >= 0.3 is 0 Å². The Balaban J connectivity index is 2.62. The molecule has 0 bridgehead atoms. The molecule has 0 aliphatic carbocycles. The van der Waals surface area contributed by atoms with E-state index >= 15 is 0 Å². The molecule has 0 saturated carbocycles. The monoisotopic (exact) mass is 188 g/mol. The van der Waals surface area contributed by atoms with E-state index in [0.717, 1.165) is 16.6 Å². The number of rotatable bonds is 1. The number of hydrogen-bond donors (Lipinski definition) is 2. The molecule has 3 heteroatoms. The third-order valence-electron chi connectivity index (χ3n) is 2.16. The molecule has 3 nitrogen and oxygen atoms in total. The molecule has 2 rings (SSSR count). The van der Waals surface area contributed by atoms with E-state index in [1.54, 1.807) is 18.2 Å². The number of phenols is 1. The topological polar surface area (TPSA) is 59.1 Å². The van der Waals surface area contributed by atoms with Gasteiger partial charge in [0.1, 0.15) is 5.75 Å². The SMILES string of the molecule is C[C@H](N)c1ccc2cc(O)ccc2n1. The van der Waals surface area contributed by atoms with Crippen LogP contribution in [-0.4, -0.2) is 10.1 Å². The Hall–Kier alpha value is -1.61. The molecule has 0 aliphatic heterocycles. The molecule has 1 atom stereocenters. The lowest BCUT2D eigenvalue weighted by atomic mass is 10.1. The van der Waals surface area contributed by atoms with E-state index < -0.39 is 0 Å². The molecule has 2 aromatic rings. The fourth-order valence-electron chi connectivity index (χ4n) is 1.38. The molecular formula is C11H12N2O. The van der Waals surface area contributed by atoms with Crippen LogP contribution in [0.3, 0.4) is 0 Å². The lowest BCUT2D eigenvalue weighted by Gasteiger charge is -2.05. The molecule has 14 heavy (non-hydrogen) atoms. The smallest absolute Gasteiger partial charge is 0.116 e. The maximum absolute atomic E-state index is 9.26. The molecule has 0 spiro atoms. The summed E-state index contributed by atoms with van der Waals surface area (Å²) in [5, 5.41) is 10.2. The Morgan fingerprint density at radius 1 is 1.29 bits per heavy atom. The van der Waals surface area contributed by atoms with E-state index in [0.29, 0.717) is 0 Å². The summed E-state index contributed by atoms with van der Waals surface area (Å²) in [4.78, 5) is 4.38. The highest BCUT2D eigenvalue weighted by atomic mass is 16.3. The molecule has 0 amide bonds. The summed E-state index contributed by atoms with van der Waals surface area (Å²) < 4.78 is 0. The maximum Gasteiger partial charge on any atom is 0.116 e. The Bertz CT molecular complexity index is 466. The second kappa shape index (κ2) is 3.27. The molecular weight excluding hydrogens is 176 g/mol. The van der Waals surface area contributed by atoms with Crippen molar-refractivity contribution in [3.8, 4) is 5.75 Å². The van der Waals surface area contributed by atoms with Crippen molar-refractivity contribution in [3.63, 3.8) is 0 Å². The van der Waals surface area contributed by atoms with Crippen molar-refractivity contribution in [2.45, 2.75) is 13.0 Å². The van der Waals surface area contributed by atoms with Gasteiger partial charge in [0.05, 0.1) is 11.2 Å². The predicted octanol–water partition coefficient (Wildman–Crippen LogP) is 1.96. The molecule has 1 heterocycles. The van der Waals surface area contributed by atoms with Crippen molar-refractivity contribution in [2.75, 3.05) is 0 Å². The van der Waals surface area contributed by atoms with E-state index in [-0.39, 0.29) is 11.8 Å². The zero-order valence-electron chi connectivity index (χ0n) is 7.94. The highest BCUT2D eigenvalue weighted by molar-refractivity contribution is 5.80. The van der Waals surface area contributed by atoms with Gasteiger partial charge in [-0.3, -0.25) is 4.98 Å². The van der Waals surface area contributed by atoms with Crippen LogP contribution in [0.4, 0.5) is 0 Å². The van der Waals surface area contributed by atoms with E-state index in [1.807, 2.05) is 19.1 Å². The number of phenolic OH excluding ortho intramolecular Hbond substituents is 1. The Labute approximate surface area is 82.2 Å². The van der Waals surface area contributed by atoms with Crippen LogP contribution >= 0.6 is 0 Å². The molecule has 0 fully saturated rings. The number of nitrogens with two attached hydrogens (primary N) is 1. The predicted molar refractivity (Wildman–Crippen MR) is 56.0 cm³/mol. The van der Waals surface area contributed by atoms with Gasteiger partial charge in [-0.1, -0.05) is 6.07 Å². The molecule has 3 N–H and O–H groups in total. The second-order valence-electron chi connectivity index (χ2n) is 3.40. The standard InChI is InChI=1S/C11H12N2O/c1-7(12)10-4-2-8-6-9(14)3-5-11(8)13-10/h2-7,14H,12H2,1H3/t7-/m0/s1. The van der Waals surface area contributed by atoms with Gasteiger partial charge in [0.2, 0.25) is 0 Å². The minimum absolute atomic E-state index is 0.0618. The fourth-order valence-corrected chi connectivity index (χ4v) is 1.38. The quantitative estimate of drug-likeness (QED) is 0.719. The van der Waals surface area contributed by atoms with Gasteiger partial charge in [-0.15, -0.1) is 0 Å². The summed E-state index contributed by atoms with van der Waals surface area (Å²) in [7, 11) is 0. The Kier molecular flexibility index (Phi) is 2.09. The van der Waals surface area contributed by atoms with Gasteiger partial charge in [-0.2, -0.15) is 0 Å². The summed E-state index contributed by atoms with van der Waals surface area (Å²) in [5.41, 5.74) is 7.45. The molecule has 0 radical (unpaired) electrons. The van der Waals surface area contributed by atoms with E-state index in [9.17, 15) is 5.11 Å². The van der Waals surface area contributed by atoms with Gasteiger partial charge < -0.3 is 10.8 Å². The van der Waals surface area contributed by atoms with Crippen LogP contribution in [0.15, 0.2) is 30.3 Å². The van der Waals surface area contributed by atoms with Crippen LogP contribution in [0, 0.1) is 0 Å². The molecule has 1 aromatic carbocycles. The third kappa shape index (κ3) is 1.54. The normalized spacial score (nSPS) is 13.0. The average Bonchev–Trinajstić information content (AvgIpc) is 2.16. The molecule has 0 unspecified atom stereocenters. The zero-order chi connectivity index (χ0) is 10.1. The third-order valence-corrected chi connectivity index (χ3v) is 2.16. The minimum atomic E-state index is -0.0618. The van der Waals surface area contributed by atoms with Gasteiger partial charge in [-0.05, 0) is 31.2 Å². The first-order chi connectivity index (χ1) is 6.66. The maximum atomic E-state index is 9.26. The first kappa shape index (κ1) is 8.97. The fraction of sp³-hybridized carbons (Fsp3) is 0.182. The molecule has 1 aromatic heterocycles. The van der Waals surface area contributed by atoms with Gasteiger partial charge in [0.25, 0.3) is 0 Å². The van der Waals surface area contributed by atoms with Crippen molar-refractivity contribution in [1.29, 1.82) is 0 Å². The number of aromatic hydroxyl groups is 1. The van der Waals surface area contributed by atoms with Crippen molar-refractivity contribution in [2.24, 2.45) is 5.73 Å². The number of nitrogens with zero attached hydrogens (tertiary/aromatic N) is 1. The van der Waals surface area contributed by atoms with Crippen molar-refractivity contribution in [1.82, 2.24) is 4.98 Å². The van der Waals surface area contributed by atoms with E-state index in [2.05, 4.69) is 4.98 Å². The van der Waals surface area contributed by atoms with Crippen LogP contribution in [-0.2, 0) is 0 Å². The van der Waals surface area contributed by atoms with E-state index in [1.165, 1.54) is 0 Å². The van der Waals surface area contributed by atoms with E-state index in [4.69, 9.17) is 5.73 Å². The van der Waals surface area contributed by atoms with Crippen molar-refractivity contribution >= 4 is 10.9 Å². The van der Waals surface area contributed by atoms with Gasteiger partial charge in [0.15, 0.2) is 0 Å². The van der Waals surface area contributed by atoms with Crippen molar-refractivity contribution < 1.29 is 5.11 Å². The first-order valence-electron chi connectivity index (χ1n) is 4.52. The number of aromatic nitrogens is 1. The van der Waals surface area contributed by atoms with Crippen molar-refractivity contribution in [3.05, 3.63) is 36.0 Å². The number of hydrogen-bond acceptors (Lipinski definition) is 3. The summed E-state index contributed by atoms with van der Waals surface area (Å²) in [5.74, 6) is 0.257. The summed E-state index contributed by atoms with van der Waals surface area (Å²) >= 11 is 0. The van der Waals surface area contributed by atoms with Crippen LogP contribution in [0.5, 0.6) is 5.75 Å². The number of pyridine rings is 1. The molecule has 72 valence electrons. The summed E-state index contributed by atoms with van der Waals surface area (Å²) in [6, 6.07) is 8.84. The van der Waals surface area contributed by atoms with Crippen LogP contribution < -0.4 is 5.73 Å². The second-order valence-corrected chi connectivity index (χ2v) is 3.40. The largest absolute Gasteiger partial charge is 0.508 e. The Morgan fingerprint density at radius 2 is 2.07 bits per heavy atom. The van der Waals surface area contributed by atoms with Gasteiger partial charge in [-0.25, -0.2) is 0 Å². The minimum Gasteiger partial charge on any atom is -0.508 e. The summed E-state index contributed by atoms with van der Waals surface area (Å²) in [6.07, 6.45) is 0. The average molecular weight is 188 g/mol. The highest BCUT2D eigenvalue weighted by Crippen LogP contribution is 2.19. The van der Waals surface area contributed by atoms with Gasteiger partial charge in [0, 0.05) is 11.4 Å². The van der Waals surface area contributed by atoms with Crippen LogP contribution in [0.2, 0.25) is 0 Å². The molecule has 0 saturated heterocycles. The first-order valence-corrected chi connectivity index (χ1v) is 4.52. The van der Waals surface area contributed by atoms with Crippen LogP contribution in [0.1, 0.15) is 18.7 Å². The Morgan fingerprint density at radius 3 is 2.79 bits per heavy atom. The lowest BCUT2D eigenvalue weighted by Crippen LogP contribution is -2.06. The number of fused-ring (bicyclic) bond motifs is 1. The lowest BCUT2D eigenvalue weighted by molar-refractivity contribution is 0.476. The zero-order valence-corrected chi connectivity index (χ0v) is 7.94. The van der Waals surface area contributed by atoms with Crippen LogP contribution in [0.25, 0.3) is 10.9 Å².